The zero-order valence-electron chi connectivity index (χ0n) is 17.9. The molecule has 0 atom stereocenters. The van der Waals surface area contributed by atoms with E-state index in [0.29, 0.717) is 16.9 Å². The van der Waals surface area contributed by atoms with Gasteiger partial charge in [-0.3, -0.25) is 4.79 Å². The number of benzene rings is 2. The highest BCUT2D eigenvalue weighted by Gasteiger charge is 2.22. The largest absolute Gasteiger partial charge is 0.485 e. The predicted octanol–water partition coefficient (Wildman–Crippen LogP) is 4.84. The van der Waals surface area contributed by atoms with Gasteiger partial charge < -0.3 is 14.1 Å². The van der Waals surface area contributed by atoms with Crippen LogP contribution in [-0.2, 0) is 12.8 Å². The summed E-state index contributed by atoms with van der Waals surface area (Å²) in [6, 6.07) is 11.6. The molecule has 0 spiro atoms. The molecule has 0 N–H and O–H groups in total. The van der Waals surface area contributed by atoms with Crippen LogP contribution in [0.2, 0.25) is 0 Å². The van der Waals surface area contributed by atoms with Crippen molar-refractivity contribution in [2.75, 3.05) is 24.6 Å². The zero-order chi connectivity index (χ0) is 21.4. The summed E-state index contributed by atoms with van der Waals surface area (Å²) >= 11 is 0. The lowest BCUT2D eigenvalue weighted by Crippen LogP contribution is -2.18. The average molecular weight is 418 g/mol. The number of carbonyl (C=O) groups is 1. The molecule has 5 rings (SSSR count). The molecule has 160 valence electrons. The van der Waals surface area contributed by atoms with E-state index >= 15 is 0 Å². The van der Waals surface area contributed by atoms with E-state index in [1.54, 1.807) is 0 Å². The van der Waals surface area contributed by atoms with Crippen molar-refractivity contribution in [2.24, 2.45) is 0 Å². The molecule has 31 heavy (non-hydrogen) atoms. The quantitative estimate of drug-likeness (QED) is 0.439. The molecule has 2 aliphatic rings. The van der Waals surface area contributed by atoms with Gasteiger partial charge in [0.1, 0.15) is 11.3 Å². The van der Waals surface area contributed by atoms with Crippen LogP contribution in [0.15, 0.2) is 45.6 Å². The Balaban J connectivity index is 1.40. The van der Waals surface area contributed by atoms with Crippen LogP contribution < -0.4 is 15.3 Å². The highest BCUT2D eigenvalue weighted by molar-refractivity contribution is 5.98. The van der Waals surface area contributed by atoms with Gasteiger partial charge in [0.25, 0.3) is 0 Å². The minimum Gasteiger partial charge on any atom is -0.485 e. The molecule has 2 heterocycles. The Morgan fingerprint density at radius 3 is 2.45 bits per heavy atom. The summed E-state index contributed by atoms with van der Waals surface area (Å²) < 4.78 is 11.6. The summed E-state index contributed by atoms with van der Waals surface area (Å²) in [5.41, 5.74) is 4.83. The SMILES string of the molecule is Cc1cc(OCC(=O)c2ccc(N3CCCC3)cc2)c2c3c(c(=O)oc2c1)CCCC3. The van der Waals surface area contributed by atoms with Crippen LogP contribution in [0, 0.1) is 6.92 Å². The summed E-state index contributed by atoms with van der Waals surface area (Å²) in [7, 11) is 0. The average Bonchev–Trinajstić information content (AvgIpc) is 3.32. The number of ketones is 1. The van der Waals surface area contributed by atoms with Crippen LogP contribution in [0.3, 0.4) is 0 Å². The number of anilines is 1. The molecule has 1 aromatic heterocycles. The minimum atomic E-state index is -0.243. The first-order valence-corrected chi connectivity index (χ1v) is 11.2. The monoisotopic (exact) mass is 417 g/mol. The van der Waals surface area contributed by atoms with E-state index in [2.05, 4.69) is 4.90 Å². The number of hydrogen-bond acceptors (Lipinski definition) is 5. The second-order valence-electron chi connectivity index (χ2n) is 8.64. The highest BCUT2D eigenvalue weighted by atomic mass is 16.5. The number of nitrogens with zero attached hydrogens (tertiary/aromatic N) is 1. The second-order valence-corrected chi connectivity index (χ2v) is 8.64. The Kier molecular flexibility index (Phi) is 5.26. The maximum atomic E-state index is 12.8. The van der Waals surface area contributed by atoms with Crippen molar-refractivity contribution >= 4 is 22.4 Å². The Bertz CT molecular complexity index is 1190. The number of carbonyl (C=O) groups excluding carboxylic acids is 1. The van der Waals surface area contributed by atoms with E-state index in [-0.39, 0.29) is 18.0 Å². The molecule has 2 aromatic carbocycles. The van der Waals surface area contributed by atoms with Crippen molar-refractivity contribution in [3.05, 3.63) is 69.1 Å². The predicted molar refractivity (Wildman–Crippen MR) is 122 cm³/mol. The Labute approximate surface area is 181 Å². The first-order valence-electron chi connectivity index (χ1n) is 11.2. The summed E-state index contributed by atoms with van der Waals surface area (Å²) in [5, 5.41) is 0.845. The van der Waals surface area contributed by atoms with Gasteiger partial charge in [-0.1, -0.05) is 0 Å². The van der Waals surface area contributed by atoms with Crippen LogP contribution in [0.5, 0.6) is 5.75 Å². The van der Waals surface area contributed by atoms with Crippen molar-refractivity contribution < 1.29 is 13.9 Å². The fourth-order valence-corrected chi connectivity index (χ4v) is 4.84. The molecule has 3 aromatic rings. The van der Waals surface area contributed by atoms with Gasteiger partial charge in [0.15, 0.2) is 12.4 Å². The molecule has 5 nitrogen and oxygen atoms in total. The maximum absolute atomic E-state index is 12.8. The minimum absolute atomic E-state index is 0.0461. The van der Waals surface area contributed by atoms with Gasteiger partial charge in [-0.05, 0) is 93.0 Å². The summed E-state index contributed by atoms with van der Waals surface area (Å²) in [4.78, 5) is 27.6. The van der Waals surface area contributed by atoms with Crippen LogP contribution in [0.4, 0.5) is 5.69 Å². The number of ether oxygens (including phenoxy) is 1. The maximum Gasteiger partial charge on any atom is 0.339 e. The van der Waals surface area contributed by atoms with Crippen LogP contribution in [0.25, 0.3) is 11.0 Å². The lowest BCUT2D eigenvalue weighted by molar-refractivity contribution is 0.0922. The third-order valence-corrected chi connectivity index (χ3v) is 6.45. The Hall–Kier alpha value is -3.08. The summed E-state index contributed by atoms with van der Waals surface area (Å²) in [6.45, 7) is 4.05. The first-order chi connectivity index (χ1) is 15.1. The highest BCUT2D eigenvalue weighted by Crippen LogP contribution is 2.34. The van der Waals surface area contributed by atoms with Gasteiger partial charge in [0, 0.05) is 29.9 Å². The van der Waals surface area contributed by atoms with Crippen molar-refractivity contribution in [1.29, 1.82) is 0 Å². The molecule has 0 amide bonds. The Morgan fingerprint density at radius 2 is 1.71 bits per heavy atom. The van der Waals surface area contributed by atoms with Crippen molar-refractivity contribution in [1.82, 2.24) is 0 Å². The summed E-state index contributed by atoms with van der Waals surface area (Å²) in [6.07, 6.45) is 6.07. The molecule has 0 saturated carbocycles. The molecule has 0 radical (unpaired) electrons. The first kappa shape index (κ1) is 19.9. The van der Waals surface area contributed by atoms with E-state index in [1.165, 1.54) is 18.5 Å². The van der Waals surface area contributed by atoms with Crippen LogP contribution in [0.1, 0.15) is 52.7 Å². The fraction of sp³-hybridized carbons (Fsp3) is 0.385. The molecule has 1 fully saturated rings. The third-order valence-electron chi connectivity index (χ3n) is 6.45. The smallest absolute Gasteiger partial charge is 0.339 e. The normalized spacial score (nSPS) is 15.8. The third kappa shape index (κ3) is 3.85. The topological polar surface area (TPSA) is 59.8 Å². The number of fused-ring (bicyclic) bond motifs is 3. The van der Waals surface area contributed by atoms with E-state index < -0.39 is 0 Å². The van der Waals surface area contributed by atoms with E-state index in [9.17, 15) is 9.59 Å². The number of rotatable bonds is 5. The molecule has 1 aliphatic heterocycles. The van der Waals surface area contributed by atoms with Gasteiger partial charge in [0.05, 0.1) is 5.39 Å². The molecule has 5 heteroatoms. The molecule has 0 unspecified atom stereocenters. The molecular weight excluding hydrogens is 390 g/mol. The number of aryl methyl sites for hydroxylation is 2. The van der Waals surface area contributed by atoms with Crippen LogP contribution in [-0.4, -0.2) is 25.5 Å². The molecule has 1 saturated heterocycles. The van der Waals surface area contributed by atoms with E-state index in [4.69, 9.17) is 9.15 Å². The second kappa shape index (κ2) is 8.22. The molecule has 0 bridgehead atoms. The lowest BCUT2D eigenvalue weighted by atomic mass is 9.90. The van der Waals surface area contributed by atoms with Crippen molar-refractivity contribution in [3.8, 4) is 5.75 Å². The van der Waals surface area contributed by atoms with Gasteiger partial charge in [-0.15, -0.1) is 0 Å². The van der Waals surface area contributed by atoms with E-state index in [1.807, 2.05) is 43.3 Å². The van der Waals surface area contributed by atoms with Crippen molar-refractivity contribution in [2.45, 2.75) is 45.4 Å². The summed E-state index contributed by atoms with van der Waals surface area (Å²) in [5.74, 6) is 0.563. The number of Topliss-reactive ketones (excluding diaryl/α,β-unsaturated/α-hetero) is 1. The number of hydrogen-bond donors (Lipinski definition) is 0. The van der Waals surface area contributed by atoms with Gasteiger partial charge in [-0.25, -0.2) is 4.79 Å². The lowest BCUT2D eigenvalue weighted by Gasteiger charge is -2.19. The molecular formula is C26H27NO4. The van der Waals surface area contributed by atoms with Crippen molar-refractivity contribution in [3.63, 3.8) is 0 Å². The zero-order valence-corrected chi connectivity index (χ0v) is 17.9. The van der Waals surface area contributed by atoms with Gasteiger partial charge in [-0.2, -0.15) is 0 Å². The van der Waals surface area contributed by atoms with E-state index in [0.717, 1.165) is 60.8 Å². The van der Waals surface area contributed by atoms with Gasteiger partial charge >= 0.3 is 5.63 Å². The standard InChI is InChI=1S/C26H27NO4/c1-17-14-23(25-20-6-2-3-7-21(20)26(29)31-24(25)15-17)30-16-22(28)18-8-10-19(11-9-18)27-12-4-5-13-27/h8-11,14-15H,2-7,12-13,16H2,1H3. The molecule has 1 aliphatic carbocycles. The Morgan fingerprint density at radius 1 is 1.00 bits per heavy atom. The fourth-order valence-electron chi connectivity index (χ4n) is 4.84. The van der Waals surface area contributed by atoms with Gasteiger partial charge in [0.2, 0.25) is 0 Å². The van der Waals surface area contributed by atoms with Crippen LogP contribution >= 0.6 is 0 Å².